The van der Waals surface area contributed by atoms with Crippen molar-refractivity contribution in [2.24, 2.45) is 16.7 Å². The minimum atomic E-state index is -3.56. The molecular weight excluding hydrogens is 264 g/mol. The van der Waals surface area contributed by atoms with Gasteiger partial charge in [-0.2, -0.15) is 0 Å². The average molecular weight is 284 g/mol. The maximum atomic E-state index is 12.1. The van der Waals surface area contributed by atoms with Gasteiger partial charge in [0.05, 0.1) is 12.4 Å². The van der Waals surface area contributed by atoms with Crippen molar-refractivity contribution in [3.63, 3.8) is 0 Å². The van der Waals surface area contributed by atoms with Crippen molar-refractivity contribution in [2.45, 2.75) is 32.6 Å². The first-order chi connectivity index (χ1) is 8.59. The molecule has 1 aliphatic carbocycles. The molecular formula is C12H20N4O2S. The molecule has 0 atom stereocenters. The Bertz CT molecular complexity index is 564. The number of anilines is 1. The minimum Gasteiger partial charge on any atom is -0.368 e. The fraction of sp³-hybridized carbons (Fsp3) is 0.667. The highest BCUT2D eigenvalue weighted by Crippen LogP contribution is 2.67. The molecule has 0 aliphatic heterocycles. The fourth-order valence-electron chi connectivity index (χ4n) is 2.58. The van der Waals surface area contributed by atoms with E-state index in [1.54, 1.807) is 0 Å². The van der Waals surface area contributed by atoms with Crippen molar-refractivity contribution in [2.75, 3.05) is 12.3 Å². The van der Waals surface area contributed by atoms with Crippen LogP contribution in [0.15, 0.2) is 17.3 Å². The topological polar surface area (TPSA) is 98.0 Å². The Kier molecular flexibility index (Phi) is 3.10. The number of rotatable bonds is 4. The van der Waals surface area contributed by atoms with E-state index >= 15 is 0 Å². The van der Waals surface area contributed by atoms with E-state index in [1.165, 1.54) is 12.4 Å². The Labute approximate surface area is 113 Å². The molecule has 1 heterocycles. The summed E-state index contributed by atoms with van der Waals surface area (Å²) in [5.41, 5.74) is 5.63. The zero-order chi connectivity index (χ0) is 14.5. The lowest BCUT2D eigenvalue weighted by atomic mass is 10.0. The van der Waals surface area contributed by atoms with Crippen LogP contribution in [0.3, 0.4) is 0 Å². The van der Waals surface area contributed by atoms with Crippen molar-refractivity contribution in [1.82, 2.24) is 14.7 Å². The van der Waals surface area contributed by atoms with Crippen molar-refractivity contribution in [1.29, 1.82) is 0 Å². The maximum absolute atomic E-state index is 12.1. The molecule has 0 radical (unpaired) electrons. The van der Waals surface area contributed by atoms with Crippen molar-refractivity contribution in [3.8, 4) is 0 Å². The number of hydrogen-bond donors (Lipinski definition) is 2. The SMILES string of the molecule is CC1(C)C(CNS(=O)(=O)c2cnc(N)nc2)C1(C)C. The van der Waals surface area contributed by atoms with Gasteiger partial charge >= 0.3 is 0 Å². The lowest BCUT2D eigenvalue weighted by molar-refractivity contribution is 0.457. The van der Waals surface area contributed by atoms with Crippen LogP contribution in [0.25, 0.3) is 0 Å². The standard InChI is InChI=1S/C12H20N4O2S/c1-11(2)9(12(11,3)4)7-16-19(17,18)8-5-14-10(13)15-6-8/h5-6,9,16H,7H2,1-4H3,(H2,13,14,15). The van der Waals surface area contributed by atoms with Gasteiger partial charge in [-0.1, -0.05) is 27.7 Å². The smallest absolute Gasteiger partial charge is 0.243 e. The van der Waals surface area contributed by atoms with Gasteiger partial charge in [0.2, 0.25) is 16.0 Å². The lowest BCUT2D eigenvalue weighted by Crippen LogP contribution is -2.27. The van der Waals surface area contributed by atoms with Crippen LogP contribution in [-0.4, -0.2) is 24.9 Å². The largest absolute Gasteiger partial charge is 0.368 e. The molecule has 1 aromatic rings. The zero-order valence-electron chi connectivity index (χ0n) is 11.6. The Balaban J connectivity index is 2.06. The highest BCUT2D eigenvalue weighted by Gasteiger charge is 2.64. The Morgan fingerprint density at radius 2 is 1.68 bits per heavy atom. The van der Waals surface area contributed by atoms with E-state index in [1.807, 2.05) is 0 Å². The zero-order valence-corrected chi connectivity index (χ0v) is 12.5. The van der Waals surface area contributed by atoms with Gasteiger partial charge in [-0.3, -0.25) is 0 Å². The van der Waals surface area contributed by atoms with Crippen molar-refractivity contribution in [3.05, 3.63) is 12.4 Å². The monoisotopic (exact) mass is 284 g/mol. The van der Waals surface area contributed by atoms with E-state index in [9.17, 15) is 8.42 Å². The van der Waals surface area contributed by atoms with E-state index in [2.05, 4.69) is 42.4 Å². The molecule has 0 bridgehead atoms. The molecule has 0 amide bonds. The van der Waals surface area contributed by atoms with Gasteiger partial charge in [0, 0.05) is 6.54 Å². The Morgan fingerprint density at radius 3 is 2.11 bits per heavy atom. The third kappa shape index (κ3) is 2.32. The molecule has 1 aromatic heterocycles. The van der Waals surface area contributed by atoms with Crippen LogP contribution < -0.4 is 10.5 Å². The maximum Gasteiger partial charge on any atom is 0.243 e. The Morgan fingerprint density at radius 1 is 1.21 bits per heavy atom. The summed E-state index contributed by atoms with van der Waals surface area (Å²) in [5.74, 6) is 0.382. The fourth-order valence-corrected chi connectivity index (χ4v) is 3.52. The molecule has 7 heteroatoms. The van der Waals surface area contributed by atoms with E-state index in [0.717, 1.165) is 0 Å². The predicted octanol–water partition coefficient (Wildman–Crippen LogP) is 1.02. The van der Waals surface area contributed by atoms with Gasteiger partial charge in [-0.05, 0) is 16.7 Å². The summed E-state index contributed by atoms with van der Waals surface area (Å²) in [4.78, 5) is 7.43. The van der Waals surface area contributed by atoms with Crippen molar-refractivity contribution >= 4 is 16.0 Å². The first-order valence-electron chi connectivity index (χ1n) is 6.16. The minimum absolute atomic E-state index is 0.0398. The average Bonchev–Trinajstić information content (AvgIpc) is 2.67. The summed E-state index contributed by atoms with van der Waals surface area (Å²) in [6.07, 6.45) is 2.43. The normalized spacial score (nSPS) is 21.3. The molecule has 0 aromatic carbocycles. The molecule has 1 fully saturated rings. The van der Waals surface area contributed by atoms with Crippen LogP contribution in [0.4, 0.5) is 5.95 Å². The number of nitrogens with two attached hydrogens (primary N) is 1. The molecule has 0 unspecified atom stereocenters. The van der Waals surface area contributed by atoms with Gasteiger partial charge in [0.1, 0.15) is 4.90 Å². The van der Waals surface area contributed by atoms with E-state index < -0.39 is 10.0 Å². The van der Waals surface area contributed by atoms with Gasteiger partial charge in [0.25, 0.3) is 0 Å². The molecule has 106 valence electrons. The van der Waals surface area contributed by atoms with Gasteiger partial charge < -0.3 is 5.73 Å². The van der Waals surface area contributed by atoms with E-state index in [0.29, 0.717) is 12.5 Å². The summed E-state index contributed by atoms with van der Waals surface area (Å²) in [6.45, 7) is 9.03. The van der Waals surface area contributed by atoms with Crippen LogP contribution in [0.5, 0.6) is 0 Å². The number of nitrogen functional groups attached to an aromatic ring is 1. The molecule has 6 nitrogen and oxygen atoms in total. The first-order valence-corrected chi connectivity index (χ1v) is 7.64. The second-order valence-electron chi connectivity index (χ2n) is 6.12. The molecule has 3 N–H and O–H groups in total. The number of nitrogens with one attached hydrogen (secondary N) is 1. The van der Waals surface area contributed by atoms with Gasteiger partial charge in [0.15, 0.2) is 0 Å². The molecule has 2 rings (SSSR count). The molecule has 0 saturated heterocycles. The first kappa shape index (κ1) is 14.2. The Hall–Kier alpha value is -1.21. The number of sulfonamides is 1. The summed E-state index contributed by atoms with van der Waals surface area (Å²) in [6, 6.07) is 0. The van der Waals surface area contributed by atoms with Gasteiger partial charge in [-0.25, -0.2) is 23.1 Å². The highest BCUT2D eigenvalue weighted by atomic mass is 32.2. The molecule has 19 heavy (non-hydrogen) atoms. The van der Waals surface area contributed by atoms with Gasteiger partial charge in [-0.15, -0.1) is 0 Å². The summed E-state index contributed by atoms with van der Waals surface area (Å²) < 4.78 is 26.8. The van der Waals surface area contributed by atoms with Crippen LogP contribution in [0.1, 0.15) is 27.7 Å². The number of nitrogens with zero attached hydrogens (tertiary/aromatic N) is 2. The molecule has 1 aliphatic rings. The summed E-state index contributed by atoms with van der Waals surface area (Å²) in [5, 5.41) is 0. The van der Waals surface area contributed by atoms with Crippen molar-refractivity contribution < 1.29 is 8.42 Å². The predicted molar refractivity (Wildman–Crippen MR) is 72.7 cm³/mol. The van der Waals surface area contributed by atoms with Crippen LogP contribution >= 0.6 is 0 Å². The van der Waals surface area contributed by atoms with Crippen LogP contribution in [-0.2, 0) is 10.0 Å². The van der Waals surface area contributed by atoms with Crippen LogP contribution in [0, 0.1) is 16.7 Å². The second kappa shape index (κ2) is 4.14. The highest BCUT2D eigenvalue weighted by molar-refractivity contribution is 7.89. The lowest BCUT2D eigenvalue weighted by Gasteiger charge is -2.07. The third-order valence-electron chi connectivity index (χ3n) is 4.76. The van der Waals surface area contributed by atoms with Crippen LogP contribution in [0.2, 0.25) is 0 Å². The second-order valence-corrected chi connectivity index (χ2v) is 7.89. The molecule has 0 spiro atoms. The summed E-state index contributed by atoms with van der Waals surface area (Å²) in [7, 11) is -3.56. The van der Waals surface area contributed by atoms with E-state index in [-0.39, 0.29) is 21.7 Å². The quantitative estimate of drug-likeness (QED) is 0.860. The van der Waals surface area contributed by atoms with E-state index in [4.69, 9.17) is 5.73 Å². The molecule has 1 saturated carbocycles. The number of hydrogen-bond acceptors (Lipinski definition) is 5. The number of aromatic nitrogens is 2. The third-order valence-corrected chi connectivity index (χ3v) is 6.13. The summed E-state index contributed by atoms with van der Waals surface area (Å²) >= 11 is 0.